The Bertz CT molecular complexity index is 1120. The third-order valence-corrected chi connectivity index (χ3v) is 4.22. The number of aryl methyl sites for hydroxylation is 1. The molecule has 3 rings (SSSR count). The zero-order chi connectivity index (χ0) is 23.0. The minimum Gasteiger partial charge on any atom is -0.496 e. The number of carbonyl (C=O) groups excluding carboxylic acids is 1. The lowest BCUT2D eigenvalue weighted by molar-refractivity contribution is -0.141. The van der Waals surface area contributed by atoms with Crippen LogP contribution in [0.15, 0.2) is 42.6 Å². The summed E-state index contributed by atoms with van der Waals surface area (Å²) in [6, 6.07) is 7.34. The molecule has 164 valence electrons. The lowest BCUT2D eigenvalue weighted by Crippen LogP contribution is -2.21. The van der Waals surface area contributed by atoms with E-state index in [2.05, 4.69) is 10.1 Å². The Morgan fingerprint density at radius 3 is 2.35 bits per heavy atom. The number of nitrogens with one attached hydrogen (secondary N) is 1. The molecular weight excluding hydrogens is 430 g/mol. The highest BCUT2D eigenvalue weighted by atomic mass is 19.4. The molecule has 0 unspecified atom stereocenters. The summed E-state index contributed by atoms with van der Waals surface area (Å²) < 4.78 is 86.1. The number of aromatic nitrogens is 3. The van der Waals surface area contributed by atoms with Gasteiger partial charge in [-0.3, -0.25) is 14.5 Å². The number of anilines is 1. The van der Waals surface area contributed by atoms with Crippen LogP contribution in [0, 0.1) is 0 Å². The number of para-hydroxylation sites is 1. The number of carbonyl (C=O) groups is 1. The monoisotopic (exact) mass is 444 g/mol. The number of rotatable bonds is 4. The van der Waals surface area contributed by atoms with E-state index in [0.717, 1.165) is 19.3 Å². The van der Waals surface area contributed by atoms with Gasteiger partial charge >= 0.3 is 12.4 Å². The Morgan fingerprint density at radius 2 is 1.74 bits per heavy atom. The average Bonchev–Trinajstić information content (AvgIpc) is 3.05. The van der Waals surface area contributed by atoms with Gasteiger partial charge in [0.1, 0.15) is 28.4 Å². The van der Waals surface area contributed by atoms with E-state index in [-0.39, 0.29) is 17.0 Å². The van der Waals surface area contributed by atoms with Crippen LogP contribution >= 0.6 is 0 Å². The van der Waals surface area contributed by atoms with Gasteiger partial charge < -0.3 is 10.1 Å². The van der Waals surface area contributed by atoms with Gasteiger partial charge in [-0.1, -0.05) is 12.1 Å². The first-order valence-corrected chi connectivity index (χ1v) is 8.55. The van der Waals surface area contributed by atoms with E-state index >= 15 is 0 Å². The number of methoxy groups -OCH3 is 1. The second kappa shape index (κ2) is 7.93. The predicted molar refractivity (Wildman–Crippen MR) is 97.4 cm³/mol. The Balaban J connectivity index is 2.10. The molecule has 0 spiro atoms. The van der Waals surface area contributed by atoms with E-state index in [9.17, 15) is 31.1 Å². The summed E-state index contributed by atoms with van der Waals surface area (Å²) in [4.78, 5) is 15.8. The van der Waals surface area contributed by atoms with Crippen molar-refractivity contribution in [2.24, 2.45) is 7.05 Å². The first kappa shape index (κ1) is 22.1. The van der Waals surface area contributed by atoms with Crippen molar-refractivity contribution in [3.8, 4) is 17.0 Å². The van der Waals surface area contributed by atoms with E-state index in [0.29, 0.717) is 10.7 Å². The quantitative estimate of drug-likeness (QED) is 0.588. The number of hydrogen-bond acceptors (Lipinski definition) is 4. The van der Waals surface area contributed by atoms with Gasteiger partial charge in [-0.25, -0.2) is 0 Å². The molecule has 0 aliphatic rings. The van der Waals surface area contributed by atoms with E-state index in [4.69, 9.17) is 4.74 Å². The number of pyridine rings is 1. The van der Waals surface area contributed by atoms with Crippen molar-refractivity contribution in [2.45, 2.75) is 12.4 Å². The molecule has 1 amide bonds. The Morgan fingerprint density at radius 1 is 1.06 bits per heavy atom. The number of nitrogens with zero attached hydrogens (tertiary/aromatic N) is 3. The highest BCUT2D eigenvalue weighted by Crippen LogP contribution is 2.42. The minimum atomic E-state index is -4.99. The largest absolute Gasteiger partial charge is 0.496 e. The summed E-state index contributed by atoms with van der Waals surface area (Å²) in [5.74, 6) is -1.19. The number of amides is 1. The lowest BCUT2D eigenvalue weighted by Gasteiger charge is -2.13. The number of hydrogen-bond donors (Lipinski definition) is 1. The van der Waals surface area contributed by atoms with Gasteiger partial charge in [0.05, 0.1) is 7.11 Å². The first-order chi connectivity index (χ1) is 14.4. The normalized spacial score (nSPS) is 12.0. The molecule has 0 aliphatic carbocycles. The van der Waals surface area contributed by atoms with E-state index < -0.39 is 40.9 Å². The Labute approximate surface area is 171 Å². The standard InChI is InChI=1S/C19H14F6N4O2/c1-29-16(17(30)27-10-7-8-26-13(9-10)18(20,21)22)14(19(23,24)25)15(28-29)11-5-3-4-6-12(11)31-2/h3-9H,1-2H3,(H,26,27,30). The molecule has 2 heterocycles. The molecule has 1 aromatic carbocycles. The number of ether oxygens (including phenoxy) is 1. The summed E-state index contributed by atoms with van der Waals surface area (Å²) >= 11 is 0. The molecule has 3 aromatic rings. The fraction of sp³-hybridized carbons (Fsp3) is 0.211. The molecule has 0 saturated heterocycles. The third kappa shape index (κ3) is 4.47. The van der Waals surface area contributed by atoms with Crippen molar-refractivity contribution in [3.63, 3.8) is 0 Å². The maximum Gasteiger partial charge on any atom is 0.433 e. The fourth-order valence-electron chi connectivity index (χ4n) is 2.94. The number of benzene rings is 1. The van der Waals surface area contributed by atoms with Crippen molar-refractivity contribution in [3.05, 3.63) is 59.5 Å². The summed E-state index contributed by atoms with van der Waals surface area (Å²) in [6.45, 7) is 0. The second-order valence-electron chi connectivity index (χ2n) is 6.28. The average molecular weight is 444 g/mol. The molecule has 0 atom stereocenters. The molecule has 2 aromatic heterocycles. The van der Waals surface area contributed by atoms with Crippen LogP contribution in [-0.2, 0) is 19.4 Å². The molecule has 1 N–H and O–H groups in total. The van der Waals surface area contributed by atoms with E-state index in [1.54, 1.807) is 6.07 Å². The topological polar surface area (TPSA) is 69.0 Å². The van der Waals surface area contributed by atoms with Gasteiger partial charge in [0, 0.05) is 24.5 Å². The van der Waals surface area contributed by atoms with Crippen molar-refractivity contribution < 1.29 is 35.9 Å². The van der Waals surface area contributed by atoms with Gasteiger partial charge in [0.2, 0.25) is 0 Å². The van der Waals surface area contributed by atoms with Gasteiger partial charge in [-0.2, -0.15) is 31.4 Å². The van der Waals surface area contributed by atoms with E-state index in [1.807, 2.05) is 5.32 Å². The van der Waals surface area contributed by atoms with E-state index in [1.165, 1.54) is 25.3 Å². The SMILES string of the molecule is COc1ccccc1-c1nn(C)c(C(=O)Nc2ccnc(C(F)(F)F)c2)c1C(F)(F)F. The molecule has 12 heteroatoms. The molecule has 0 radical (unpaired) electrons. The van der Waals surface area contributed by atoms with Crippen LogP contribution in [0.4, 0.5) is 32.0 Å². The smallest absolute Gasteiger partial charge is 0.433 e. The van der Waals surface area contributed by atoms with Gasteiger partial charge in [-0.05, 0) is 24.3 Å². The molecular formula is C19H14F6N4O2. The number of halogens is 6. The zero-order valence-electron chi connectivity index (χ0n) is 16.0. The van der Waals surface area contributed by atoms with Crippen LogP contribution in [0.2, 0.25) is 0 Å². The number of alkyl halides is 6. The third-order valence-electron chi connectivity index (χ3n) is 4.22. The fourth-order valence-corrected chi connectivity index (χ4v) is 2.94. The summed E-state index contributed by atoms with van der Waals surface area (Å²) in [5.41, 5.74) is -4.46. The highest BCUT2D eigenvalue weighted by Gasteiger charge is 2.42. The van der Waals surface area contributed by atoms with Crippen molar-refractivity contribution in [1.82, 2.24) is 14.8 Å². The van der Waals surface area contributed by atoms with Crippen LogP contribution in [0.3, 0.4) is 0 Å². The minimum absolute atomic E-state index is 0.00440. The lowest BCUT2D eigenvalue weighted by atomic mass is 10.0. The first-order valence-electron chi connectivity index (χ1n) is 8.55. The molecule has 0 aliphatic heterocycles. The highest BCUT2D eigenvalue weighted by molar-refractivity contribution is 6.05. The maximum atomic E-state index is 13.9. The Kier molecular flexibility index (Phi) is 5.66. The second-order valence-corrected chi connectivity index (χ2v) is 6.28. The summed E-state index contributed by atoms with van der Waals surface area (Å²) in [7, 11) is 2.39. The maximum absolute atomic E-state index is 13.9. The molecule has 0 fully saturated rings. The van der Waals surface area contributed by atoms with Crippen LogP contribution in [0.5, 0.6) is 5.75 Å². The van der Waals surface area contributed by atoms with Crippen molar-refractivity contribution in [1.29, 1.82) is 0 Å². The predicted octanol–water partition coefficient (Wildman–Crippen LogP) is 4.78. The van der Waals surface area contributed by atoms with Crippen LogP contribution in [0.25, 0.3) is 11.3 Å². The van der Waals surface area contributed by atoms with Gasteiger partial charge in [0.15, 0.2) is 0 Å². The Hall–Kier alpha value is -3.57. The summed E-state index contributed by atoms with van der Waals surface area (Å²) in [6.07, 6.45) is -9.00. The van der Waals surface area contributed by atoms with Crippen LogP contribution < -0.4 is 10.1 Å². The van der Waals surface area contributed by atoms with Gasteiger partial charge in [-0.15, -0.1) is 0 Å². The van der Waals surface area contributed by atoms with Crippen molar-refractivity contribution in [2.75, 3.05) is 12.4 Å². The molecule has 31 heavy (non-hydrogen) atoms. The summed E-state index contributed by atoms with van der Waals surface area (Å²) in [5, 5.41) is 5.89. The van der Waals surface area contributed by atoms with Crippen LogP contribution in [-0.4, -0.2) is 27.8 Å². The molecule has 6 nitrogen and oxygen atoms in total. The van der Waals surface area contributed by atoms with Crippen LogP contribution in [0.1, 0.15) is 21.7 Å². The van der Waals surface area contributed by atoms with Gasteiger partial charge in [0.25, 0.3) is 5.91 Å². The van der Waals surface area contributed by atoms with Crippen molar-refractivity contribution >= 4 is 11.6 Å². The molecule has 0 bridgehead atoms. The zero-order valence-corrected chi connectivity index (χ0v) is 16.0. The molecule has 0 saturated carbocycles.